The fourth-order valence-electron chi connectivity index (χ4n) is 0.897. The Morgan fingerprint density at radius 2 is 2.33 bits per heavy atom. The van der Waals surface area contributed by atoms with Crippen molar-refractivity contribution in [2.75, 3.05) is 0 Å². The van der Waals surface area contributed by atoms with E-state index in [2.05, 4.69) is 20.9 Å². The molecule has 0 saturated heterocycles. The monoisotopic (exact) mass is 247 g/mol. The van der Waals surface area contributed by atoms with Crippen molar-refractivity contribution in [2.24, 2.45) is 0 Å². The van der Waals surface area contributed by atoms with Crippen LogP contribution in [0.25, 0.3) is 0 Å². The van der Waals surface area contributed by atoms with Crippen LogP contribution in [-0.4, -0.2) is 10.8 Å². The summed E-state index contributed by atoms with van der Waals surface area (Å²) in [6, 6.07) is 3.45. The van der Waals surface area contributed by atoms with Crippen LogP contribution >= 0.6 is 27.5 Å². The lowest BCUT2D eigenvalue weighted by Gasteiger charge is -2.01. The van der Waals surface area contributed by atoms with Crippen molar-refractivity contribution in [3.63, 3.8) is 0 Å². The Morgan fingerprint density at radius 3 is 2.83 bits per heavy atom. The number of nitrogens with zero attached hydrogens (tertiary/aromatic N) is 1. The lowest BCUT2D eigenvalue weighted by atomic mass is 10.1. The van der Waals surface area contributed by atoms with E-state index in [0.717, 1.165) is 0 Å². The van der Waals surface area contributed by atoms with E-state index in [0.29, 0.717) is 15.9 Å². The Kier molecular flexibility index (Phi) is 3.23. The van der Waals surface area contributed by atoms with E-state index < -0.39 is 0 Å². The first-order valence-electron chi connectivity index (χ1n) is 3.37. The van der Waals surface area contributed by atoms with E-state index in [1.807, 2.05) is 0 Å². The molecule has 0 bridgehead atoms. The summed E-state index contributed by atoms with van der Waals surface area (Å²) in [6.45, 7) is 1.50. The molecule has 1 aromatic heterocycles. The summed E-state index contributed by atoms with van der Waals surface area (Å²) >= 11 is 8.82. The lowest BCUT2D eigenvalue weighted by Crippen LogP contribution is -2.00. The second-order valence-corrected chi connectivity index (χ2v) is 3.40. The van der Waals surface area contributed by atoms with E-state index in [1.54, 1.807) is 12.1 Å². The molecule has 1 aromatic rings. The Hall–Kier alpha value is -0.410. The van der Waals surface area contributed by atoms with Crippen molar-refractivity contribution in [1.82, 2.24) is 4.98 Å². The first-order valence-corrected chi connectivity index (χ1v) is 4.70. The lowest BCUT2D eigenvalue weighted by molar-refractivity contribution is 0.101. The second kappa shape index (κ2) is 4.01. The zero-order chi connectivity index (χ0) is 9.14. The Bertz CT molecular complexity index is 314. The summed E-state index contributed by atoms with van der Waals surface area (Å²) in [7, 11) is 0. The summed E-state index contributed by atoms with van der Waals surface area (Å²) in [5.41, 5.74) is 1.21. The molecule has 12 heavy (non-hydrogen) atoms. The van der Waals surface area contributed by atoms with Crippen molar-refractivity contribution in [1.29, 1.82) is 0 Å². The summed E-state index contributed by atoms with van der Waals surface area (Å²) in [4.78, 5) is 15.1. The minimum atomic E-state index is -0.00866. The molecule has 0 aliphatic carbocycles. The van der Waals surface area contributed by atoms with Crippen LogP contribution < -0.4 is 0 Å². The largest absolute Gasteiger partial charge is 0.294 e. The van der Waals surface area contributed by atoms with Crippen molar-refractivity contribution < 1.29 is 4.79 Å². The van der Waals surface area contributed by atoms with Crippen LogP contribution in [0.5, 0.6) is 0 Å². The number of carbonyl (C=O) groups is 1. The summed E-state index contributed by atoms with van der Waals surface area (Å²) in [5.74, 6) is 0.250. The number of rotatable bonds is 2. The van der Waals surface area contributed by atoms with Crippen molar-refractivity contribution in [2.45, 2.75) is 12.8 Å². The standard InChI is InChI=1S/C8H7BrClNO/c1-5(12)6-2-3-8(9)11-7(6)4-10/h2-3H,4H2,1H3. The Morgan fingerprint density at radius 1 is 1.67 bits per heavy atom. The Balaban J connectivity index is 3.20. The van der Waals surface area contributed by atoms with Gasteiger partial charge in [-0.3, -0.25) is 4.79 Å². The molecule has 0 aliphatic rings. The Labute approximate surface area is 84.1 Å². The van der Waals surface area contributed by atoms with Gasteiger partial charge in [0.15, 0.2) is 5.78 Å². The van der Waals surface area contributed by atoms with Gasteiger partial charge in [0.25, 0.3) is 0 Å². The van der Waals surface area contributed by atoms with Gasteiger partial charge in [-0.1, -0.05) is 0 Å². The molecule has 0 radical (unpaired) electrons. The highest BCUT2D eigenvalue weighted by atomic mass is 79.9. The van der Waals surface area contributed by atoms with E-state index in [9.17, 15) is 4.79 Å². The van der Waals surface area contributed by atoms with Gasteiger partial charge in [0.05, 0.1) is 11.6 Å². The molecule has 0 saturated carbocycles. The number of aromatic nitrogens is 1. The number of alkyl halides is 1. The molecular weight excluding hydrogens is 241 g/mol. The van der Waals surface area contributed by atoms with E-state index in [1.165, 1.54) is 6.92 Å². The average molecular weight is 249 g/mol. The topological polar surface area (TPSA) is 30.0 Å². The normalized spacial score (nSPS) is 9.92. The maximum Gasteiger partial charge on any atom is 0.161 e. The van der Waals surface area contributed by atoms with Gasteiger partial charge in [0.2, 0.25) is 0 Å². The quantitative estimate of drug-likeness (QED) is 0.458. The average Bonchev–Trinajstić information content (AvgIpc) is 2.03. The first-order chi connectivity index (χ1) is 5.65. The van der Waals surface area contributed by atoms with Gasteiger partial charge in [-0.2, -0.15) is 0 Å². The maximum atomic E-state index is 11.0. The molecule has 0 N–H and O–H groups in total. The van der Waals surface area contributed by atoms with Crippen LogP contribution in [0.15, 0.2) is 16.7 Å². The van der Waals surface area contributed by atoms with Crippen molar-refractivity contribution in [3.8, 4) is 0 Å². The molecule has 2 nitrogen and oxygen atoms in total. The van der Waals surface area contributed by atoms with Crippen LogP contribution in [0.3, 0.4) is 0 Å². The van der Waals surface area contributed by atoms with Gasteiger partial charge in [-0.25, -0.2) is 4.98 Å². The molecule has 64 valence electrons. The van der Waals surface area contributed by atoms with Crippen LogP contribution in [0.1, 0.15) is 23.0 Å². The summed E-state index contributed by atoms with van der Waals surface area (Å²) in [5, 5.41) is 0. The second-order valence-electron chi connectivity index (χ2n) is 2.32. The molecular formula is C8H7BrClNO. The number of halogens is 2. The fraction of sp³-hybridized carbons (Fsp3) is 0.250. The van der Waals surface area contributed by atoms with Crippen molar-refractivity contribution in [3.05, 3.63) is 28.0 Å². The summed E-state index contributed by atoms with van der Waals surface area (Å²) in [6.07, 6.45) is 0. The SMILES string of the molecule is CC(=O)c1ccc(Br)nc1CCl. The minimum absolute atomic E-state index is 0.00866. The molecule has 4 heteroatoms. The van der Waals surface area contributed by atoms with Gasteiger partial charge in [0, 0.05) is 5.56 Å². The highest BCUT2D eigenvalue weighted by Crippen LogP contribution is 2.14. The zero-order valence-electron chi connectivity index (χ0n) is 6.47. The molecule has 0 spiro atoms. The smallest absolute Gasteiger partial charge is 0.161 e. The van der Waals surface area contributed by atoms with Crippen molar-refractivity contribution >= 4 is 33.3 Å². The predicted molar refractivity (Wildman–Crippen MR) is 51.5 cm³/mol. The van der Waals surface area contributed by atoms with E-state index >= 15 is 0 Å². The number of Topliss-reactive ketones (excluding diaryl/α,β-unsaturated/α-hetero) is 1. The molecule has 0 atom stereocenters. The van der Waals surface area contributed by atoms with Crippen LogP contribution in [0.4, 0.5) is 0 Å². The third-order valence-electron chi connectivity index (χ3n) is 1.45. The predicted octanol–water partition coefficient (Wildman–Crippen LogP) is 2.79. The molecule has 0 fully saturated rings. The van der Waals surface area contributed by atoms with Gasteiger partial charge in [-0.15, -0.1) is 11.6 Å². The molecule has 1 heterocycles. The van der Waals surface area contributed by atoms with E-state index in [-0.39, 0.29) is 11.7 Å². The van der Waals surface area contributed by atoms with Gasteiger partial charge >= 0.3 is 0 Å². The molecule has 1 rings (SSSR count). The number of carbonyl (C=O) groups excluding carboxylic acids is 1. The third-order valence-corrected chi connectivity index (χ3v) is 2.14. The van der Waals surface area contributed by atoms with E-state index in [4.69, 9.17) is 11.6 Å². The highest BCUT2D eigenvalue weighted by molar-refractivity contribution is 9.10. The van der Waals surface area contributed by atoms with Gasteiger partial charge < -0.3 is 0 Å². The molecule has 0 aromatic carbocycles. The number of hydrogen-bond donors (Lipinski definition) is 0. The fourth-order valence-corrected chi connectivity index (χ4v) is 1.45. The third kappa shape index (κ3) is 2.05. The zero-order valence-corrected chi connectivity index (χ0v) is 8.82. The van der Waals surface area contributed by atoms with Crippen LogP contribution in [0, 0.1) is 0 Å². The minimum Gasteiger partial charge on any atom is -0.294 e. The highest BCUT2D eigenvalue weighted by Gasteiger charge is 2.07. The number of ketones is 1. The molecule has 0 unspecified atom stereocenters. The van der Waals surface area contributed by atoms with Gasteiger partial charge in [-0.05, 0) is 35.0 Å². The first kappa shape index (κ1) is 9.68. The van der Waals surface area contributed by atoms with Gasteiger partial charge in [0.1, 0.15) is 4.60 Å². The number of hydrogen-bond acceptors (Lipinski definition) is 2. The van der Waals surface area contributed by atoms with Crippen LogP contribution in [-0.2, 0) is 5.88 Å². The maximum absolute atomic E-state index is 11.0. The molecule has 0 aliphatic heterocycles. The molecule has 0 amide bonds. The summed E-state index contributed by atoms with van der Waals surface area (Å²) < 4.78 is 0.697. The van der Waals surface area contributed by atoms with Crippen LogP contribution in [0.2, 0.25) is 0 Å². The number of pyridine rings is 1.